The number of nitrogens with zero attached hydrogens (tertiary/aromatic N) is 5. The topological polar surface area (TPSA) is 116 Å². The third-order valence-corrected chi connectivity index (χ3v) is 23.9. The van der Waals surface area contributed by atoms with Crippen LogP contribution in [0.1, 0.15) is 93.8 Å². The van der Waals surface area contributed by atoms with Crippen LogP contribution < -0.4 is 5.06 Å². The predicted molar refractivity (Wildman–Crippen MR) is 247 cm³/mol. The van der Waals surface area contributed by atoms with Crippen LogP contribution in [0.5, 0.6) is 0 Å². The highest BCUT2D eigenvalue weighted by Gasteiger charge is 2.81. The smallest absolute Gasteiger partial charge is 0.419 e. The number of imidazole rings is 1. The molecule has 1 spiro atoms. The molecule has 60 heavy (non-hydrogen) atoms. The lowest BCUT2D eigenvalue weighted by Gasteiger charge is -2.63. The SMILES string of the molecule is C=CC(C)(C)[C@@]12C[C@@H](O[Si](C)(C)C(C)(C)C)C(=O)N3/C(=C\c4cn(C(=O)OC(C)(C)C)cn4)C(=O)N(COCC[Si](C)(C)C)[C@]31N(O[Si](C)(C)C(C)(C)C)c1ccccc12. The molecule has 3 aliphatic rings. The molecule has 2 aromatic rings. The molecule has 1 aromatic heterocycles. The highest BCUT2D eigenvalue weighted by molar-refractivity contribution is 6.76. The van der Waals surface area contributed by atoms with E-state index < -0.39 is 65.0 Å². The zero-order valence-corrected chi connectivity index (χ0v) is 42.8. The fraction of sp³-hybridized carbons (Fsp3) is 0.644. The van der Waals surface area contributed by atoms with Crippen molar-refractivity contribution in [3.8, 4) is 0 Å². The van der Waals surface area contributed by atoms with E-state index in [1.807, 2.05) is 29.3 Å². The van der Waals surface area contributed by atoms with Crippen molar-refractivity contribution in [1.29, 1.82) is 0 Å². The second-order valence-electron chi connectivity index (χ2n) is 22.7. The normalized spacial score (nSPS) is 23.6. The molecule has 0 bridgehead atoms. The summed E-state index contributed by atoms with van der Waals surface area (Å²) in [6, 6.07) is 9.01. The van der Waals surface area contributed by atoms with Crippen LogP contribution in [0, 0.1) is 5.41 Å². The van der Waals surface area contributed by atoms with E-state index in [-0.39, 0.29) is 34.8 Å². The molecule has 3 atom stereocenters. The fourth-order valence-electron chi connectivity index (χ4n) is 7.94. The lowest BCUT2D eigenvalue weighted by Crippen LogP contribution is -2.81. The quantitative estimate of drug-likeness (QED) is 0.0889. The van der Waals surface area contributed by atoms with E-state index in [1.165, 1.54) is 17.1 Å². The van der Waals surface area contributed by atoms with E-state index in [0.29, 0.717) is 12.3 Å². The number of para-hydroxylation sites is 1. The van der Waals surface area contributed by atoms with Gasteiger partial charge in [-0.3, -0.25) is 19.4 Å². The van der Waals surface area contributed by atoms with Crippen molar-refractivity contribution in [3.63, 3.8) is 0 Å². The Bertz CT molecular complexity index is 2030. The van der Waals surface area contributed by atoms with Crippen LogP contribution in [0.15, 0.2) is 55.1 Å². The maximum Gasteiger partial charge on any atom is 0.419 e. The van der Waals surface area contributed by atoms with Gasteiger partial charge in [0.05, 0.1) is 16.8 Å². The highest BCUT2D eigenvalue weighted by atomic mass is 28.4. The maximum atomic E-state index is 16.0. The molecule has 4 heterocycles. The summed E-state index contributed by atoms with van der Waals surface area (Å²) in [5.74, 6) is -2.43. The largest absolute Gasteiger partial charge is 0.443 e. The molecule has 0 N–H and O–H groups in total. The van der Waals surface area contributed by atoms with Crippen molar-refractivity contribution in [2.45, 2.75) is 167 Å². The van der Waals surface area contributed by atoms with Crippen molar-refractivity contribution in [1.82, 2.24) is 19.4 Å². The van der Waals surface area contributed by atoms with Crippen molar-refractivity contribution >= 4 is 54.4 Å². The Morgan fingerprint density at radius 3 is 2.07 bits per heavy atom. The molecule has 12 nitrogen and oxygen atoms in total. The number of anilines is 1. The van der Waals surface area contributed by atoms with Crippen LogP contribution >= 0.6 is 0 Å². The maximum absolute atomic E-state index is 16.0. The molecule has 1 aromatic carbocycles. The zero-order chi connectivity index (χ0) is 45.4. The third-order valence-electron chi connectivity index (χ3n) is 13.5. The summed E-state index contributed by atoms with van der Waals surface area (Å²) >= 11 is 0. The van der Waals surface area contributed by atoms with Crippen LogP contribution in [0.4, 0.5) is 10.5 Å². The van der Waals surface area contributed by atoms with Gasteiger partial charge in [0.1, 0.15) is 30.5 Å². The second-order valence-corrected chi connectivity index (χ2v) is 37.8. The van der Waals surface area contributed by atoms with Gasteiger partial charge >= 0.3 is 6.09 Å². The molecule has 15 heteroatoms. The van der Waals surface area contributed by atoms with Crippen LogP contribution in [0.2, 0.25) is 61.9 Å². The Labute approximate surface area is 362 Å². The zero-order valence-electron chi connectivity index (χ0n) is 39.8. The van der Waals surface area contributed by atoms with Gasteiger partial charge in [-0.15, -0.1) is 6.58 Å². The molecule has 3 aliphatic heterocycles. The molecule has 0 radical (unpaired) electrons. The minimum absolute atomic E-state index is 0.0765. The standard InChI is InChI=1S/C45H73N5O7Si3/c1-20-43(11,12)44-28-36(56-59(16,17)41(5,6)7)38(52)49-35(27-32-29-47(30-46-32)39(53)55-40(2,3)4)37(51)48(31-54-25-26-58(13,14)15)45(44,49)50(34-24-22-21-23-33(34)44)57-60(18,19)42(8,9)10/h20-24,27,29-30,36H,1,25-26,28,31H2,2-19H3/b35-27-/t36-,44+,45+/m1/s1. The molecule has 0 aliphatic carbocycles. The molecule has 332 valence electrons. The Balaban J connectivity index is 1.91. The van der Waals surface area contributed by atoms with E-state index in [2.05, 4.69) is 119 Å². The predicted octanol–water partition coefficient (Wildman–Crippen LogP) is 10.3. The first-order valence-electron chi connectivity index (χ1n) is 21.3. The lowest BCUT2D eigenvalue weighted by molar-refractivity contribution is -0.197. The Kier molecular flexibility index (Phi) is 12.3. The molecule has 5 rings (SSSR count). The monoisotopic (exact) mass is 879 g/mol. The summed E-state index contributed by atoms with van der Waals surface area (Å²) < 4.78 is 28.2. The molecule has 0 saturated carbocycles. The second kappa shape index (κ2) is 15.5. The summed E-state index contributed by atoms with van der Waals surface area (Å²) in [6.07, 6.45) is 5.09. The highest BCUT2D eigenvalue weighted by Crippen LogP contribution is 2.69. The number of amides is 2. The number of rotatable bonds is 12. The van der Waals surface area contributed by atoms with E-state index in [4.69, 9.17) is 18.4 Å². The van der Waals surface area contributed by atoms with Gasteiger partial charge in [0, 0.05) is 20.9 Å². The number of hydroxylamine groups is 1. The van der Waals surface area contributed by atoms with Gasteiger partial charge in [0.2, 0.25) is 14.1 Å². The van der Waals surface area contributed by atoms with Gasteiger partial charge in [-0.25, -0.2) is 19.4 Å². The van der Waals surface area contributed by atoms with E-state index in [9.17, 15) is 4.79 Å². The first-order valence-corrected chi connectivity index (χ1v) is 30.8. The summed E-state index contributed by atoms with van der Waals surface area (Å²) in [6.45, 7) is 42.9. The number of hydrogen-bond donors (Lipinski definition) is 0. The van der Waals surface area contributed by atoms with E-state index in [1.54, 1.807) is 36.6 Å². The summed E-state index contributed by atoms with van der Waals surface area (Å²) in [7, 11) is -6.90. The average Bonchev–Trinajstić information content (AvgIpc) is 3.73. The fourth-order valence-corrected chi connectivity index (χ4v) is 10.9. The summed E-state index contributed by atoms with van der Waals surface area (Å²) in [5.41, 5.74) is -0.577. The number of piperidine rings is 1. The minimum Gasteiger partial charge on any atom is -0.443 e. The molecule has 2 saturated heterocycles. The van der Waals surface area contributed by atoms with Gasteiger partial charge in [-0.05, 0) is 92.6 Å². The van der Waals surface area contributed by atoms with Gasteiger partial charge in [0.25, 0.3) is 11.8 Å². The molecular weight excluding hydrogens is 807 g/mol. The Morgan fingerprint density at radius 2 is 1.52 bits per heavy atom. The lowest BCUT2D eigenvalue weighted by atomic mass is 9.54. The first-order chi connectivity index (χ1) is 27.2. The van der Waals surface area contributed by atoms with Crippen LogP contribution in [-0.2, 0) is 33.4 Å². The van der Waals surface area contributed by atoms with E-state index >= 15 is 9.59 Å². The van der Waals surface area contributed by atoms with Crippen LogP contribution in [-0.4, -0.2) is 92.8 Å². The first kappa shape index (κ1) is 47.7. The van der Waals surface area contributed by atoms with Crippen molar-refractivity contribution < 1.29 is 32.8 Å². The molecule has 2 amide bonds. The van der Waals surface area contributed by atoms with E-state index in [0.717, 1.165) is 17.3 Å². The number of aromatic nitrogens is 2. The number of fused-ring (bicyclic) bond motifs is 2. The van der Waals surface area contributed by atoms with Gasteiger partial charge in [-0.2, -0.15) is 0 Å². The molecular formula is C45H73N5O7Si3. The number of carbonyl (C=O) groups excluding carboxylic acids is 3. The number of carbonyl (C=O) groups is 3. The molecule has 0 unspecified atom stereocenters. The number of benzene rings is 1. The van der Waals surface area contributed by atoms with Gasteiger partial charge in [-0.1, -0.05) is 99.3 Å². The average molecular weight is 880 g/mol. The Morgan fingerprint density at radius 1 is 0.917 bits per heavy atom. The third kappa shape index (κ3) is 8.07. The van der Waals surface area contributed by atoms with Crippen molar-refractivity contribution in [3.05, 3.63) is 66.4 Å². The van der Waals surface area contributed by atoms with Crippen molar-refractivity contribution in [2.75, 3.05) is 18.4 Å². The number of ether oxygens (including phenoxy) is 2. The molecule has 2 fully saturated rings. The minimum atomic E-state index is -2.75. The van der Waals surface area contributed by atoms with Crippen molar-refractivity contribution in [2.24, 2.45) is 5.41 Å². The van der Waals surface area contributed by atoms with Gasteiger partial charge < -0.3 is 18.4 Å². The van der Waals surface area contributed by atoms with Gasteiger partial charge in [0.15, 0.2) is 8.32 Å². The Hall–Kier alpha value is -3.35. The summed E-state index contributed by atoms with van der Waals surface area (Å²) in [5, 5.41) is 1.41. The number of allylic oxidation sites excluding steroid dienone is 1. The number of hydrogen-bond acceptors (Lipinski definition) is 9. The van der Waals surface area contributed by atoms with Crippen LogP contribution in [0.3, 0.4) is 0 Å². The summed E-state index contributed by atoms with van der Waals surface area (Å²) in [4.78, 5) is 52.8. The van der Waals surface area contributed by atoms with Crippen LogP contribution in [0.25, 0.3) is 6.08 Å².